The summed E-state index contributed by atoms with van der Waals surface area (Å²) < 4.78 is 3.76. The van der Waals surface area contributed by atoms with E-state index in [9.17, 15) is 5.26 Å². The topological polar surface area (TPSA) is 120 Å². The predicted molar refractivity (Wildman–Crippen MR) is 271 cm³/mol. The number of rotatable bonds is 8. The van der Waals surface area contributed by atoms with E-state index in [0.717, 1.165) is 64.8 Å². The van der Waals surface area contributed by atoms with E-state index in [4.69, 9.17) is 30.3 Å². The minimum absolute atomic E-state index is 0.312. The highest BCUT2D eigenvalue weighted by Crippen LogP contribution is 2.46. The van der Waals surface area contributed by atoms with Crippen LogP contribution in [0.1, 0.15) is 110 Å². The van der Waals surface area contributed by atoms with Crippen LogP contribution in [0, 0.1) is 73.6 Å². The normalized spacial score (nSPS) is 11.4. The molecule has 0 bridgehead atoms. The highest BCUT2D eigenvalue weighted by molar-refractivity contribution is 7.22. The molecule has 64 heavy (non-hydrogen) atoms. The van der Waals surface area contributed by atoms with Gasteiger partial charge in [0.25, 0.3) is 0 Å². The van der Waals surface area contributed by atoms with Gasteiger partial charge < -0.3 is 5.32 Å². The monoisotopic (exact) mass is 888 g/mol. The fraction of sp³-hybridized carbons (Fsp3) is 0.327. The Hall–Kier alpha value is -6.29. The molecule has 0 atom stereocenters. The fourth-order valence-corrected chi connectivity index (χ4v) is 9.66. The third-order valence-electron chi connectivity index (χ3n) is 11.4. The maximum Gasteiger partial charge on any atom is 0.213 e. The third-order valence-corrected chi connectivity index (χ3v) is 13.4. The molecule has 0 saturated heterocycles. The Kier molecular flexibility index (Phi) is 14.2. The number of aryl methyl sites for hydroxylation is 5. The van der Waals surface area contributed by atoms with Gasteiger partial charge in [-0.05, 0) is 143 Å². The Bertz CT molecular complexity index is 3010. The second kappa shape index (κ2) is 19.2. The summed E-state index contributed by atoms with van der Waals surface area (Å²) in [4.78, 5) is 17.7. The first-order valence-electron chi connectivity index (χ1n) is 22.0. The van der Waals surface area contributed by atoms with Crippen molar-refractivity contribution in [3.05, 3.63) is 128 Å². The lowest BCUT2D eigenvalue weighted by molar-refractivity contribution is 0.559. The van der Waals surface area contributed by atoms with Crippen molar-refractivity contribution in [3.63, 3.8) is 0 Å². The smallest absolute Gasteiger partial charge is 0.213 e. The second-order valence-corrected chi connectivity index (χ2v) is 18.7. The van der Waals surface area contributed by atoms with E-state index in [1.807, 2.05) is 97.9 Å². The zero-order valence-corrected chi connectivity index (χ0v) is 41.8. The number of nitrogens with one attached hydrogen (secondary N) is 1. The molecule has 0 amide bonds. The van der Waals surface area contributed by atoms with Crippen LogP contribution in [0.4, 0.5) is 39.6 Å². The van der Waals surface area contributed by atoms with Crippen LogP contribution in [0.25, 0.3) is 25.6 Å². The number of thiazole rings is 2. The summed E-state index contributed by atoms with van der Waals surface area (Å²) in [5, 5.41) is 30.7. The number of para-hydroxylation sites is 2. The van der Waals surface area contributed by atoms with Gasteiger partial charge in [-0.1, -0.05) is 108 Å². The molecule has 0 unspecified atom stereocenters. The first-order valence-corrected chi connectivity index (χ1v) is 23.6. The van der Waals surface area contributed by atoms with Crippen LogP contribution in [-0.2, 0) is 5.41 Å². The summed E-state index contributed by atoms with van der Waals surface area (Å²) >= 11 is 3.13. The number of azo groups is 1. The standard InChI is InChI=1S/C48H48N10S2.2C2H6/c1-25-21-27(3)40(32(8)30(25)6)53-44-41(54-55-45-34(24-49)43(48(10,11)12)56-58(45)47-51-36-18-14-16-20-38(36)60-47)28(4)23-39(52-44)57(42-29(5)22-26(2)31(7)33(42)9)46-50-35-17-13-15-19-37(35)59-46;2*1-2/h13-23H,1-12H3,(H,52,53);2*1-2H3. The molecule has 12 heteroatoms. The summed E-state index contributed by atoms with van der Waals surface area (Å²) in [6.07, 6.45) is 0. The number of fused-ring (bicyclic) bond motifs is 2. The van der Waals surface area contributed by atoms with Gasteiger partial charge in [0.2, 0.25) is 5.13 Å². The first-order chi connectivity index (χ1) is 30.5. The molecular formula is C52H60N10S2. The number of aromatic nitrogens is 5. The molecule has 4 heterocycles. The van der Waals surface area contributed by atoms with Crippen LogP contribution in [-0.4, -0.2) is 24.7 Å². The number of hydrogen-bond donors (Lipinski definition) is 1. The summed E-state index contributed by atoms with van der Waals surface area (Å²) in [7, 11) is 0. The number of benzene rings is 4. The van der Waals surface area contributed by atoms with E-state index in [1.54, 1.807) is 16.0 Å². The Morgan fingerprint density at radius 3 is 1.83 bits per heavy atom. The molecule has 4 aromatic carbocycles. The maximum atomic E-state index is 10.7. The molecule has 0 aliphatic heterocycles. The summed E-state index contributed by atoms with van der Waals surface area (Å²) in [6, 6.07) is 25.1. The van der Waals surface area contributed by atoms with Gasteiger partial charge in [-0.15, -0.1) is 10.2 Å². The van der Waals surface area contributed by atoms with Gasteiger partial charge in [0, 0.05) is 11.1 Å². The van der Waals surface area contributed by atoms with Crippen molar-refractivity contribution in [3.8, 4) is 11.2 Å². The summed E-state index contributed by atoms with van der Waals surface area (Å²) in [5.74, 6) is 1.52. The van der Waals surface area contributed by atoms with Gasteiger partial charge in [0.1, 0.15) is 23.1 Å². The molecule has 0 aliphatic rings. The third kappa shape index (κ3) is 8.92. The lowest BCUT2D eigenvalue weighted by Crippen LogP contribution is -2.16. The van der Waals surface area contributed by atoms with Crippen molar-refractivity contribution in [1.82, 2.24) is 24.7 Å². The number of nitriles is 1. The van der Waals surface area contributed by atoms with Crippen LogP contribution >= 0.6 is 22.7 Å². The van der Waals surface area contributed by atoms with Crippen LogP contribution in [0.5, 0.6) is 0 Å². The Balaban J connectivity index is 0.00000165. The van der Waals surface area contributed by atoms with E-state index in [1.165, 1.54) is 33.6 Å². The predicted octanol–water partition coefficient (Wildman–Crippen LogP) is 16.1. The molecular weight excluding hydrogens is 829 g/mol. The van der Waals surface area contributed by atoms with Crippen molar-refractivity contribution < 1.29 is 0 Å². The van der Waals surface area contributed by atoms with Crippen molar-refractivity contribution in [1.29, 1.82) is 5.26 Å². The fourth-order valence-electron chi connectivity index (χ4n) is 7.76. The second-order valence-electron chi connectivity index (χ2n) is 16.6. The SMILES string of the molecule is CC.CC.Cc1cc(C)c(Nc2nc(N(c3nc4ccccc4s3)c3c(C)cc(C)c(C)c3C)cc(C)c2N=Nc2c(C#N)c(C(C)(C)C)nn2-c2nc3ccccc3s2)c(C)c1C. The lowest BCUT2D eigenvalue weighted by Gasteiger charge is -2.28. The van der Waals surface area contributed by atoms with E-state index in [-0.39, 0.29) is 0 Å². The minimum atomic E-state index is -0.448. The molecule has 8 aromatic rings. The average molecular weight is 889 g/mol. The van der Waals surface area contributed by atoms with E-state index < -0.39 is 5.41 Å². The molecule has 4 aromatic heterocycles. The van der Waals surface area contributed by atoms with Gasteiger partial charge in [0.15, 0.2) is 16.8 Å². The van der Waals surface area contributed by atoms with Crippen LogP contribution < -0.4 is 10.2 Å². The summed E-state index contributed by atoms with van der Waals surface area (Å²) in [6.45, 7) is 33.3. The van der Waals surface area contributed by atoms with E-state index in [0.29, 0.717) is 39.5 Å². The molecule has 330 valence electrons. The van der Waals surface area contributed by atoms with Gasteiger partial charge in [-0.2, -0.15) is 15.0 Å². The largest absolute Gasteiger partial charge is 0.338 e. The lowest BCUT2D eigenvalue weighted by atomic mass is 9.90. The van der Waals surface area contributed by atoms with Crippen LogP contribution in [0.15, 0.2) is 77.0 Å². The quantitative estimate of drug-likeness (QED) is 0.151. The van der Waals surface area contributed by atoms with Crippen LogP contribution in [0.2, 0.25) is 0 Å². The molecule has 0 spiro atoms. The minimum Gasteiger partial charge on any atom is -0.338 e. The molecule has 0 saturated carbocycles. The zero-order chi connectivity index (χ0) is 46.8. The van der Waals surface area contributed by atoms with Crippen molar-refractivity contribution in [2.75, 3.05) is 10.2 Å². The zero-order valence-electron chi connectivity index (χ0n) is 40.2. The molecule has 0 radical (unpaired) electrons. The molecule has 8 rings (SSSR count). The molecule has 1 N–H and O–H groups in total. The van der Waals surface area contributed by atoms with Crippen molar-refractivity contribution in [2.45, 2.75) is 116 Å². The van der Waals surface area contributed by atoms with E-state index >= 15 is 0 Å². The van der Waals surface area contributed by atoms with E-state index in [2.05, 4.69) is 95.9 Å². The van der Waals surface area contributed by atoms with Gasteiger partial charge in [-0.3, -0.25) is 4.90 Å². The number of hydrogen-bond acceptors (Lipinski definition) is 11. The summed E-state index contributed by atoms with van der Waals surface area (Å²) in [5.41, 5.74) is 15.0. The van der Waals surface area contributed by atoms with Gasteiger partial charge in [0.05, 0.1) is 31.8 Å². The average Bonchev–Trinajstić information content (AvgIpc) is 4.01. The molecule has 10 nitrogen and oxygen atoms in total. The number of pyridine rings is 1. The van der Waals surface area contributed by atoms with Crippen molar-refractivity contribution >= 4 is 82.8 Å². The first kappa shape index (κ1) is 47.2. The highest BCUT2D eigenvalue weighted by Gasteiger charge is 2.30. The number of anilines is 5. The Morgan fingerprint density at radius 2 is 1.23 bits per heavy atom. The van der Waals surface area contributed by atoms with Gasteiger partial charge in [-0.25, -0.2) is 15.0 Å². The Labute approximate surface area is 386 Å². The number of nitrogens with zero attached hydrogens (tertiary/aromatic N) is 9. The van der Waals surface area contributed by atoms with Gasteiger partial charge >= 0.3 is 0 Å². The molecule has 0 fully saturated rings. The van der Waals surface area contributed by atoms with Crippen molar-refractivity contribution in [2.24, 2.45) is 10.2 Å². The maximum absolute atomic E-state index is 10.7. The molecule has 0 aliphatic carbocycles. The van der Waals surface area contributed by atoms with Crippen LogP contribution in [0.3, 0.4) is 0 Å². The Morgan fingerprint density at radius 1 is 0.656 bits per heavy atom. The highest BCUT2D eigenvalue weighted by atomic mass is 32.1.